The molecule has 1 saturated heterocycles. The van der Waals surface area contributed by atoms with E-state index in [9.17, 15) is 4.39 Å². The largest absolute Gasteiger partial charge is 0.491 e. The van der Waals surface area contributed by atoms with Crippen LogP contribution in [0.1, 0.15) is 30.7 Å². The van der Waals surface area contributed by atoms with Crippen LogP contribution in [-0.4, -0.2) is 66.1 Å². The molecule has 0 amide bonds. The van der Waals surface area contributed by atoms with Gasteiger partial charge in [0.15, 0.2) is 0 Å². The molecule has 4 rings (SSSR count). The van der Waals surface area contributed by atoms with Gasteiger partial charge in [0.1, 0.15) is 24.6 Å². The maximum atomic E-state index is 12.5. The number of anilines is 1. The van der Waals surface area contributed by atoms with Crippen LogP contribution in [0.4, 0.5) is 10.2 Å². The minimum absolute atomic E-state index is 0.126. The van der Waals surface area contributed by atoms with Crippen LogP contribution in [0.25, 0.3) is 0 Å². The Bertz CT molecular complexity index is 862. The summed E-state index contributed by atoms with van der Waals surface area (Å²) in [5, 5.41) is 0. The molecule has 0 spiro atoms. The second kappa shape index (κ2) is 8.22. The van der Waals surface area contributed by atoms with Gasteiger partial charge in [0.05, 0.1) is 24.1 Å². The summed E-state index contributed by atoms with van der Waals surface area (Å²) in [6.45, 7) is 8.30. The van der Waals surface area contributed by atoms with Gasteiger partial charge in [0.25, 0.3) is 0 Å². The molecule has 2 aliphatic heterocycles. The fourth-order valence-electron chi connectivity index (χ4n) is 3.70. The molecule has 2 aromatic rings. The molecule has 0 bridgehead atoms. The Morgan fingerprint density at radius 2 is 1.93 bits per heavy atom. The van der Waals surface area contributed by atoms with Crippen LogP contribution in [0.2, 0.25) is 0 Å². The number of rotatable bonds is 6. The third kappa shape index (κ3) is 3.99. The molecule has 1 aromatic carbocycles. The van der Waals surface area contributed by atoms with Crippen molar-refractivity contribution in [2.45, 2.75) is 26.5 Å². The number of aromatic nitrogens is 2. The van der Waals surface area contributed by atoms with Crippen molar-refractivity contribution in [2.75, 3.05) is 44.3 Å². The van der Waals surface area contributed by atoms with E-state index in [0.29, 0.717) is 13.1 Å². The van der Waals surface area contributed by atoms with Crippen LogP contribution >= 0.6 is 0 Å². The van der Waals surface area contributed by atoms with Crippen molar-refractivity contribution in [3.8, 4) is 5.75 Å². The number of piperazine rings is 1. The van der Waals surface area contributed by atoms with E-state index in [0.717, 1.165) is 54.7 Å². The van der Waals surface area contributed by atoms with Crippen LogP contribution < -0.4 is 9.64 Å². The van der Waals surface area contributed by atoms with Crippen molar-refractivity contribution < 1.29 is 9.13 Å². The highest BCUT2D eigenvalue weighted by Gasteiger charge is 2.22. The van der Waals surface area contributed by atoms with Gasteiger partial charge >= 0.3 is 0 Å². The van der Waals surface area contributed by atoms with Crippen molar-refractivity contribution in [1.29, 1.82) is 0 Å². The third-order valence-electron chi connectivity index (χ3n) is 5.11. The molecule has 0 unspecified atom stereocenters. The predicted molar refractivity (Wildman–Crippen MR) is 108 cm³/mol. The molecule has 7 heteroatoms. The van der Waals surface area contributed by atoms with E-state index in [1.54, 1.807) is 6.33 Å². The summed E-state index contributed by atoms with van der Waals surface area (Å²) in [6, 6.07) is 8.14. The zero-order valence-corrected chi connectivity index (χ0v) is 16.4. The van der Waals surface area contributed by atoms with E-state index in [4.69, 9.17) is 9.73 Å². The number of halogens is 1. The Morgan fingerprint density at radius 1 is 1.11 bits per heavy atom. The topological polar surface area (TPSA) is 53.9 Å². The normalized spacial score (nSPS) is 17.0. The average Bonchev–Trinajstić information content (AvgIpc) is 3.12. The summed E-state index contributed by atoms with van der Waals surface area (Å²) in [4.78, 5) is 18.0. The molecule has 0 radical (unpaired) electrons. The number of nitrogens with zero attached hydrogens (tertiary/aromatic N) is 5. The van der Waals surface area contributed by atoms with E-state index in [-0.39, 0.29) is 12.8 Å². The molecule has 148 valence electrons. The minimum atomic E-state index is -0.292. The van der Waals surface area contributed by atoms with Gasteiger partial charge in [-0.05, 0) is 31.5 Å². The van der Waals surface area contributed by atoms with E-state index >= 15 is 0 Å². The lowest BCUT2D eigenvalue weighted by molar-refractivity contribution is 0.235. The van der Waals surface area contributed by atoms with E-state index in [2.05, 4.69) is 31.9 Å². The Labute approximate surface area is 165 Å². The molecule has 0 N–H and O–H groups in total. The van der Waals surface area contributed by atoms with Gasteiger partial charge in [0.2, 0.25) is 0 Å². The number of fused-ring (bicyclic) bond motifs is 1. The van der Waals surface area contributed by atoms with Crippen LogP contribution in [0.3, 0.4) is 0 Å². The Kier molecular flexibility index (Phi) is 5.52. The zero-order chi connectivity index (χ0) is 19.5. The molecule has 6 nitrogen and oxygen atoms in total. The van der Waals surface area contributed by atoms with Gasteiger partial charge in [-0.15, -0.1) is 0 Å². The molecule has 0 aliphatic carbocycles. The number of aliphatic imine (C=N–C) groups is 1. The summed E-state index contributed by atoms with van der Waals surface area (Å²) in [5.41, 5.74) is 3.99. The van der Waals surface area contributed by atoms with Crippen molar-refractivity contribution in [3.63, 3.8) is 0 Å². The van der Waals surface area contributed by atoms with Crippen LogP contribution in [0.15, 0.2) is 35.6 Å². The van der Waals surface area contributed by atoms with Crippen LogP contribution in [0, 0.1) is 0 Å². The van der Waals surface area contributed by atoms with Gasteiger partial charge in [-0.1, -0.05) is 6.07 Å². The number of benzene rings is 1. The van der Waals surface area contributed by atoms with Gasteiger partial charge in [-0.2, -0.15) is 0 Å². The summed E-state index contributed by atoms with van der Waals surface area (Å²) in [7, 11) is 0. The monoisotopic (exact) mass is 383 g/mol. The molecule has 28 heavy (non-hydrogen) atoms. The highest BCUT2D eigenvalue weighted by molar-refractivity contribution is 6.14. The molecular weight excluding hydrogens is 357 g/mol. The smallest absolute Gasteiger partial charge is 0.132 e. The Balaban J connectivity index is 1.54. The van der Waals surface area contributed by atoms with Crippen LogP contribution in [0.5, 0.6) is 5.75 Å². The van der Waals surface area contributed by atoms with E-state index in [1.165, 1.54) is 5.56 Å². The molecule has 2 aliphatic rings. The second-order valence-electron chi connectivity index (χ2n) is 7.43. The maximum absolute atomic E-state index is 12.5. The fourth-order valence-corrected chi connectivity index (χ4v) is 3.70. The molecule has 1 aromatic heterocycles. The maximum Gasteiger partial charge on any atom is 0.132 e. The van der Waals surface area contributed by atoms with E-state index < -0.39 is 0 Å². The Morgan fingerprint density at radius 3 is 2.68 bits per heavy atom. The minimum Gasteiger partial charge on any atom is -0.491 e. The first-order chi connectivity index (χ1) is 13.6. The molecule has 0 atom stereocenters. The molecular formula is C21H26FN5O. The highest BCUT2D eigenvalue weighted by Crippen LogP contribution is 2.28. The van der Waals surface area contributed by atoms with Crippen molar-refractivity contribution in [3.05, 3.63) is 47.4 Å². The van der Waals surface area contributed by atoms with E-state index in [1.807, 2.05) is 26.0 Å². The lowest BCUT2D eigenvalue weighted by Crippen LogP contribution is -2.47. The SMILES string of the molecule is CC(C)Oc1ccc2c(c1)C(c1cc(N3CCN(CCF)CC3)ncn1)=NC2. The van der Waals surface area contributed by atoms with Gasteiger partial charge in [0, 0.05) is 44.4 Å². The van der Waals surface area contributed by atoms with Crippen molar-refractivity contribution in [1.82, 2.24) is 14.9 Å². The predicted octanol–water partition coefficient (Wildman–Crippen LogP) is 2.71. The first-order valence-corrected chi connectivity index (χ1v) is 9.84. The molecule has 0 saturated carbocycles. The summed E-state index contributed by atoms with van der Waals surface area (Å²) < 4.78 is 18.4. The summed E-state index contributed by atoms with van der Waals surface area (Å²) >= 11 is 0. The van der Waals surface area contributed by atoms with Crippen molar-refractivity contribution >= 4 is 11.5 Å². The first kappa shape index (κ1) is 18.8. The number of alkyl halides is 1. The zero-order valence-electron chi connectivity index (χ0n) is 16.4. The fraction of sp³-hybridized carbons (Fsp3) is 0.476. The first-order valence-electron chi connectivity index (χ1n) is 9.84. The second-order valence-corrected chi connectivity index (χ2v) is 7.43. The molecule has 1 fully saturated rings. The summed E-state index contributed by atoms with van der Waals surface area (Å²) in [6.07, 6.45) is 1.73. The number of ether oxygens (including phenoxy) is 1. The van der Waals surface area contributed by atoms with Gasteiger partial charge in [-0.25, -0.2) is 14.4 Å². The average molecular weight is 383 g/mol. The lowest BCUT2D eigenvalue weighted by atomic mass is 10.0. The lowest BCUT2D eigenvalue weighted by Gasteiger charge is -2.34. The highest BCUT2D eigenvalue weighted by atomic mass is 19.1. The Hall–Kier alpha value is -2.54. The number of hydrogen-bond acceptors (Lipinski definition) is 6. The standard InChI is InChI=1S/C21H26FN5O/c1-15(2)28-17-4-3-16-13-23-21(18(16)11-17)19-12-20(25-14-24-19)27-9-7-26(6-5-22)8-10-27/h3-4,11-12,14-15H,5-10,13H2,1-2H3. The van der Waals surface area contributed by atoms with Crippen molar-refractivity contribution in [2.24, 2.45) is 4.99 Å². The van der Waals surface area contributed by atoms with Crippen LogP contribution in [-0.2, 0) is 6.54 Å². The van der Waals surface area contributed by atoms with Gasteiger partial charge in [-0.3, -0.25) is 9.89 Å². The molecule has 3 heterocycles. The van der Waals surface area contributed by atoms with Gasteiger partial charge < -0.3 is 9.64 Å². The number of hydrogen-bond donors (Lipinski definition) is 0. The summed E-state index contributed by atoms with van der Waals surface area (Å²) in [5.74, 6) is 1.75. The quantitative estimate of drug-likeness (QED) is 0.768. The third-order valence-corrected chi connectivity index (χ3v) is 5.11.